The Kier molecular flexibility index (Phi) is 4.86. The largest absolute Gasteiger partial charge is 0.481 e. The van der Waals surface area contributed by atoms with Gasteiger partial charge in [0.15, 0.2) is 0 Å². The summed E-state index contributed by atoms with van der Waals surface area (Å²) in [5.41, 5.74) is 0.832. The molecule has 1 aliphatic rings. The summed E-state index contributed by atoms with van der Waals surface area (Å²) in [7, 11) is 0. The number of rotatable bonds is 7. The molecule has 0 atom stereocenters. The van der Waals surface area contributed by atoms with Crippen LogP contribution in [0.3, 0.4) is 0 Å². The summed E-state index contributed by atoms with van der Waals surface area (Å²) >= 11 is 1.45. The van der Waals surface area contributed by atoms with Crippen LogP contribution in [0.25, 0.3) is 0 Å². The first kappa shape index (κ1) is 15.4. The van der Waals surface area contributed by atoms with E-state index in [0.717, 1.165) is 12.8 Å². The van der Waals surface area contributed by atoms with E-state index in [9.17, 15) is 9.59 Å². The molecule has 0 unspecified atom stereocenters. The Morgan fingerprint density at radius 3 is 2.71 bits per heavy atom. The van der Waals surface area contributed by atoms with E-state index in [4.69, 9.17) is 10.4 Å². The number of amides is 1. The Bertz CT molecular complexity index is 591. The van der Waals surface area contributed by atoms with Gasteiger partial charge < -0.3 is 10.4 Å². The molecule has 1 fully saturated rings. The van der Waals surface area contributed by atoms with Gasteiger partial charge in [0, 0.05) is 0 Å². The maximum Gasteiger partial charge on any atom is 0.303 e. The van der Waals surface area contributed by atoms with Crippen molar-refractivity contribution in [2.75, 3.05) is 16.8 Å². The van der Waals surface area contributed by atoms with Crippen molar-refractivity contribution in [2.24, 2.45) is 5.41 Å². The van der Waals surface area contributed by atoms with Gasteiger partial charge in [-0.2, -0.15) is 17.0 Å². The van der Waals surface area contributed by atoms with Gasteiger partial charge in [0.2, 0.25) is 5.91 Å². The van der Waals surface area contributed by atoms with E-state index in [1.165, 1.54) is 11.8 Å². The van der Waals surface area contributed by atoms with Gasteiger partial charge in [-0.25, -0.2) is 0 Å². The molecule has 0 radical (unpaired) electrons. The zero-order valence-electron chi connectivity index (χ0n) is 11.5. The quantitative estimate of drug-likeness (QED) is 0.807. The Balaban J connectivity index is 1.78. The molecule has 1 aromatic carbocycles. The van der Waals surface area contributed by atoms with E-state index in [1.54, 1.807) is 24.3 Å². The van der Waals surface area contributed by atoms with Gasteiger partial charge >= 0.3 is 5.97 Å². The van der Waals surface area contributed by atoms with Crippen LogP contribution >= 0.6 is 11.8 Å². The molecule has 0 aliphatic heterocycles. The summed E-state index contributed by atoms with van der Waals surface area (Å²) in [6.45, 7) is 0. The smallest absolute Gasteiger partial charge is 0.303 e. The summed E-state index contributed by atoms with van der Waals surface area (Å²) < 4.78 is 0. The van der Waals surface area contributed by atoms with Gasteiger partial charge in [0.25, 0.3) is 0 Å². The number of carboxylic acid groups (broad SMARTS) is 1. The Morgan fingerprint density at radius 1 is 1.38 bits per heavy atom. The Morgan fingerprint density at radius 2 is 2.10 bits per heavy atom. The average molecular weight is 304 g/mol. The maximum absolute atomic E-state index is 11.9. The number of carbonyl (C=O) groups excluding carboxylic acids is 1. The Hall–Kier alpha value is -2.00. The van der Waals surface area contributed by atoms with Crippen LogP contribution in [0.1, 0.15) is 24.8 Å². The predicted octanol–water partition coefficient (Wildman–Crippen LogP) is 2.48. The molecule has 1 saturated carbocycles. The molecule has 1 aliphatic carbocycles. The summed E-state index contributed by atoms with van der Waals surface area (Å²) in [5.74, 6) is 0.00243. The number of thioether (sulfide) groups is 1. The number of nitrogens with zero attached hydrogens (tertiary/aromatic N) is 1. The number of nitrogens with one attached hydrogen (secondary N) is 1. The number of nitriles is 1. The summed E-state index contributed by atoms with van der Waals surface area (Å²) in [5, 5.41) is 20.5. The molecule has 110 valence electrons. The average Bonchev–Trinajstić information content (AvgIpc) is 3.18. The molecule has 0 saturated heterocycles. The second kappa shape index (κ2) is 6.64. The first-order valence-corrected chi connectivity index (χ1v) is 7.79. The summed E-state index contributed by atoms with van der Waals surface area (Å²) in [6, 6.07) is 8.86. The van der Waals surface area contributed by atoms with Gasteiger partial charge in [-0.05, 0) is 36.1 Å². The molecule has 1 aromatic rings. The van der Waals surface area contributed by atoms with Gasteiger partial charge in [-0.15, -0.1) is 0 Å². The van der Waals surface area contributed by atoms with Crippen molar-refractivity contribution in [1.29, 1.82) is 5.26 Å². The number of hydrogen-bond acceptors (Lipinski definition) is 4. The third-order valence-corrected chi connectivity index (χ3v) is 4.73. The number of carbonyl (C=O) groups is 2. The molecule has 0 heterocycles. The normalized spacial score (nSPS) is 15.0. The molecular formula is C15H16N2O3S. The molecule has 5 nitrogen and oxygen atoms in total. The molecule has 21 heavy (non-hydrogen) atoms. The summed E-state index contributed by atoms with van der Waals surface area (Å²) in [4.78, 5) is 22.6. The van der Waals surface area contributed by atoms with E-state index in [1.807, 2.05) is 6.07 Å². The van der Waals surface area contributed by atoms with Crippen LogP contribution in [0.15, 0.2) is 24.3 Å². The third kappa shape index (κ3) is 4.50. The topological polar surface area (TPSA) is 90.2 Å². The van der Waals surface area contributed by atoms with Crippen molar-refractivity contribution in [3.8, 4) is 6.07 Å². The highest BCUT2D eigenvalue weighted by molar-refractivity contribution is 8.00. The van der Waals surface area contributed by atoms with Crippen molar-refractivity contribution in [3.05, 3.63) is 29.8 Å². The number of aliphatic carboxylic acids is 1. The number of carboxylic acids is 1. The third-order valence-electron chi connectivity index (χ3n) is 3.45. The van der Waals surface area contributed by atoms with Crippen LogP contribution in [0, 0.1) is 16.7 Å². The van der Waals surface area contributed by atoms with Crippen LogP contribution in [-0.4, -0.2) is 28.5 Å². The number of para-hydroxylation sites is 1. The van der Waals surface area contributed by atoms with Crippen LogP contribution in [-0.2, 0) is 9.59 Å². The molecule has 2 N–H and O–H groups in total. The van der Waals surface area contributed by atoms with Gasteiger partial charge in [0.1, 0.15) is 6.07 Å². The van der Waals surface area contributed by atoms with Crippen LogP contribution in [0.4, 0.5) is 5.69 Å². The highest BCUT2D eigenvalue weighted by Crippen LogP contribution is 2.50. The molecule has 0 bridgehead atoms. The molecular weight excluding hydrogens is 288 g/mol. The van der Waals surface area contributed by atoms with E-state index >= 15 is 0 Å². The highest BCUT2D eigenvalue weighted by atomic mass is 32.2. The van der Waals surface area contributed by atoms with Gasteiger partial charge in [-0.3, -0.25) is 9.59 Å². The minimum absolute atomic E-state index is 0.110. The van der Waals surface area contributed by atoms with E-state index < -0.39 is 5.97 Å². The second-order valence-corrected chi connectivity index (χ2v) is 6.25. The SMILES string of the molecule is N#Cc1ccccc1NC(=O)CSCC1(CC(=O)O)CC1. The van der Waals surface area contributed by atoms with E-state index in [2.05, 4.69) is 5.32 Å². The number of anilines is 1. The Labute approximate surface area is 127 Å². The zero-order chi connectivity index (χ0) is 15.3. The summed E-state index contributed by atoms with van der Waals surface area (Å²) in [6.07, 6.45) is 2.02. The molecule has 6 heteroatoms. The lowest BCUT2D eigenvalue weighted by Crippen LogP contribution is -2.17. The van der Waals surface area contributed by atoms with Crippen molar-refractivity contribution >= 4 is 29.3 Å². The minimum atomic E-state index is -0.777. The standard InChI is InChI=1S/C15H16N2O3S/c16-8-11-3-1-2-4-12(11)17-13(18)9-21-10-15(5-6-15)7-14(19)20/h1-4H,5-7,9-10H2,(H,17,18)(H,19,20). The first-order valence-electron chi connectivity index (χ1n) is 6.63. The lowest BCUT2D eigenvalue weighted by atomic mass is 10.1. The van der Waals surface area contributed by atoms with E-state index in [-0.39, 0.29) is 23.5 Å². The van der Waals surface area contributed by atoms with Crippen molar-refractivity contribution in [3.63, 3.8) is 0 Å². The first-order chi connectivity index (χ1) is 10.0. The fraction of sp³-hybridized carbons (Fsp3) is 0.400. The highest BCUT2D eigenvalue weighted by Gasteiger charge is 2.44. The van der Waals surface area contributed by atoms with Crippen LogP contribution in [0.5, 0.6) is 0 Å². The lowest BCUT2D eigenvalue weighted by molar-refractivity contribution is -0.138. The molecule has 1 amide bonds. The monoisotopic (exact) mass is 304 g/mol. The zero-order valence-corrected chi connectivity index (χ0v) is 12.3. The van der Waals surface area contributed by atoms with Gasteiger partial charge in [-0.1, -0.05) is 12.1 Å². The van der Waals surface area contributed by atoms with Crippen molar-refractivity contribution < 1.29 is 14.7 Å². The predicted molar refractivity (Wildman–Crippen MR) is 81.0 cm³/mol. The molecule has 0 aromatic heterocycles. The van der Waals surface area contributed by atoms with Crippen LogP contribution in [0.2, 0.25) is 0 Å². The van der Waals surface area contributed by atoms with Gasteiger partial charge in [0.05, 0.1) is 23.4 Å². The van der Waals surface area contributed by atoms with Crippen LogP contribution < -0.4 is 5.32 Å². The lowest BCUT2D eigenvalue weighted by Gasteiger charge is -2.12. The molecule has 2 rings (SSSR count). The van der Waals surface area contributed by atoms with Crippen molar-refractivity contribution in [1.82, 2.24) is 0 Å². The number of hydrogen-bond donors (Lipinski definition) is 2. The maximum atomic E-state index is 11.9. The fourth-order valence-corrected chi connectivity index (χ4v) is 3.29. The minimum Gasteiger partial charge on any atom is -0.481 e. The van der Waals surface area contributed by atoms with Crippen molar-refractivity contribution in [2.45, 2.75) is 19.3 Å². The molecule has 0 spiro atoms. The van der Waals surface area contributed by atoms with E-state index in [0.29, 0.717) is 17.0 Å². The fourth-order valence-electron chi connectivity index (χ4n) is 2.11. The second-order valence-electron chi connectivity index (χ2n) is 5.27. The number of benzene rings is 1.